The number of hydrogen-bond acceptors (Lipinski definition) is 4. The van der Waals surface area contributed by atoms with Crippen molar-refractivity contribution in [2.75, 3.05) is 13.2 Å². The minimum atomic E-state index is -0.732. The summed E-state index contributed by atoms with van der Waals surface area (Å²) < 4.78 is 5.07. The zero-order valence-corrected chi connectivity index (χ0v) is 12.7. The first-order valence-corrected chi connectivity index (χ1v) is 7.71. The van der Waals surface area contributed by atoms with Crippen molar-refractivity contribution in [1.29, 1.82) is 0 Å². The highest BCUT2D eigenvalue weighted by molar-refractivity contribution is 7.80. The molecule has 0 aromatic rings. The van der Waals surface area contributed by atoms with Crippen LogP contribution in [-0.4, -0.2) is 41.0 Å². The van der Waals surface area contributed by atoms with Crippen molar-refractivity contribution in [3.05, 3.63) is 0 Å². The fourth-order valence-electron chi connectivity index (χ4n) is 3.31. The maximum atomic E-state index is 12.9. The summed E-state index contributed by atoms with van der Waals surface area (Å²) in [6.45, 7) is 2.69. The Morgan fingerprint density at radius 3 is 2.55 bits per heavy atom. The highest BCUT2D eigenvalue weighted by atomic mass is 32.1. The number of carbonyl (C=O) groups is 2. The number of likely N-dealkylation sites (tertiary alicyclic amines) is 1. The number of amides is 1. The van der Waals surface area contributed by atoms with Crippen molar-refractivity contribution in [1.82, 2.24) is 4.90 Å². The van der Waals surface area contributed by atoms with E-state index in [1.807, 2.05) is 0 Å². The summed E-state index contributed by atoms with van der Waals surface area (Å²) >= 11 is 5.15. The molecule has 0 spiro atoms. The fourth-order valence-corrected chi connectivity index (χ4v) is 3.60. The third kappa shape index (κ3) is 2.53. The molecule has 5 nitrogen and oxygen atoms in total. The van der Waals surface area contributed by atoms with Gasteiger partial charge in [-0.05, 0) is 32.6 Å². The van der Waals surface area contributed by atoms with Crippen LogP contribution in [0, 0.1) is 5.41 Å². The summed E-state index contributed by atoms with van der Waals surface area (Å²) in [6, 6.07) is -0.464. The first kappa shape index (κ1) is 15.2. The molecule has 1 amide bonds. The molecule has 2 N–H and O–H groups in total. The molecule has 112 valence electrons. The molecule has 2 fully saturated rings. The average molecular weight is 298 g/mol. The van der Waals surface area contributed by atoms with Crippen LogP contribution in [0.2, 0.25) is 0 Å². The molecular formula is C14H22N2O3S. The molecule has 1 aliphatic carbocycles. The summed E-state index contributed by atoms with van der Waals surface area (Å²) in [5.74, 6) is -0.382. The van der Waals surface area contributed by atoms with Crippen molar-refractivity contribution in [2.24, 2.45) is 11.1 Å². The predicted octanol–water partition coefficient (Wildman–Crippen LogP) is 1.39. The summed E-state index contributed by atoms with van der Waals surface area (Å²) in [5.41, 5.74) is 5.12. The van der Waals surface area contributed by atoms with Crippen molar-refractivity contribution in [3.8, 4) is 0 Å². The summed E-state index contributed by atoms with van der Waals surface area (Å²) in [5, 5.41) is 0. The number of rotatable bonds is 4. The number of hydrogen-bond donors (Lipinski definition) is 1. The Morgan fingerprint density at radius 2 is 2.00 bits per heavy atom. The Labute approximate surface area is 124 Å². The van der Waals surface area contributed by atoms with Crippen LogP contribution < -0.4 is 5.73 Å². The van der Waals surface area contributed by atoms with Gasteiger partial charge in [0.05, 0.1) is 17.0 Å². The van der Waals surface area contributed by atoms with Gasteiger partial charge in [0.15, 0.2) is 0 Å². The highest BCUT2D eigenvalue weighted by Gasteiger charge is 2.49. The van der Waals surface area contributed by atoms with E-state index in [9.17, 15) is 9.59 Å². The Kier molecular flexibility index (Phi) is 4.62. The Balaban J connectivity index is 2.18. The number of ether oxygens (including phenoxy) is 1. The number of nitrogens with zero attached hydrogens (tertiary/aromatic N) is 1. The van der Waals surface area contributed by atoms with Crippen molar-refractivity contribution >= 4 is 29.1 Å². The Bertz CT molecular complexity index is 419. The lowest BCUT2D eigenvalue weighted by Crippen LogP contribution is -2.52. The van der Waals surface area contributed by atoms with E-state index >= 15 is 0 Å². The van der Waals surface area contributed by atoms with E-state index in [0.717, 1.165) is 19.3 Å². The smallest absolute Gasteiger partial charge is 0.328 e. The standard InChI is InChI=1S/C14H22N2O3S/c1-2-19-11(17)10-6-5-9-16(10)13(18)14(12(15)20)7-3-4-8-14/h10H,2-9H2,1H3,(H2,15,20). The van der Waals surface area contributed by atoms with Crippen LogP contribution in [0.3, 0.4) is 0 Å². The molecule has 2 aliphatic rings. The first-order chi connectivity index (χ1) is 9.53. The third-order valence-electron chi connectivity index (χ3n) is 4.41. The second kappa shape index (κ2) is 6.08. The third-order valence-corrected chi connectivity index (χ3v) is 4.80. The van der Waals surface area contributed by atoms with Gasteiger partial charge in [0.2, 0.25) is 5.91 Å². The van der Waals surface area contributed by atoms with Crippen LogP contribution in [0.4, 0.5) is 0 Å². The van der Waals surface area contributed by atoms with Gasteiger partial charge in [0, 0.05) is 6.54 Å². The minimum absolute atomic E-state index is 0.0712. The van der Waals surface area contributed by atoms with Gasteiger partial charge in [-0.2, -0.15) is 0 Å². The molecule has 0 aromatic carbocycles. The molecule has 1 unspecified atom stereocenters. The Hall–Kier alpha value is -1.17. The van der Waals surface area contributed by atoms with E-state index in [-0.39, 0.29) is 16.9 Å². The second-order valence-corrected chi connectivity index (χ2v) is 6.00. The van der Waals surface area contributed by atoms with Crippen LogP contribution in [0.25, 0.3) is 0 Å². The van der Waals surface area contributed by atoms with Crippen molar-refractivity contribution in [3.63, 3.8) is 0 Å². The average Bonchev–Trinajstić information content (AvgIpc) is 3.08. The molecule has 20 heavy (non-hydrogen) atoms. The zero-order chi connectivity index (χ0) is 14.8. The molecule has 0 aromatic heterocycles. The highest BCUT2D eigenvalue weighted by Crippen LogP contribution is 2.41. The van der Waals surface area contributed by atoms with Crippen molar-refractivity contribution in [2.45, 2.75) is 51.5 Å². The normalized spacial score (nSPS) is 24.6. The van der Waals surface area contributed by atoms with E-state index in [2.05, 4.69) is 0 Å². The number of carbonyl (C=O) groups excluding carboxylic acids is 2. The SMILES string of the molecule is CCOC(=O)C1CCCN1C(=O)C1(C(N)=S)CCCC1. The van der Waals surface area contributed by atoms with E-state index < -0.39 is 11.5 Å². The zero-order valence-electron chi connectivity index (χ0n) is 11.9. The quantitative estimate of drug-likeness (QED) is 0.627. The summed E-state index contributed by atoms with van der Waals surface area (Å²) in [7, 11) is 0. The molecule has 1 saturated carbocycles. The number of esters is 1. The molecule has 1 aliphatic heterocycles. The van der Waals surface area contributed by atoms with E-state index in [0.29, 0.717) is 32.4 Å². The maximum Gasteiger partial charge on any atom is 0.328 e. The Morgan fingerprint density at radius 1 is 1.35 bits per heavy atom. The van der Waals surface area contributed by atoms with Gasteiger partial charge in [-0.15, -0.1) is 0 Å². The molecule has 0 radical (unpaired) electrons. The predicted molar refractivity (Wildman–Crippen MR) is 79.1 cm³/mol. The molecular weight excluding hydrogens is 276 g/mol. The largest absolute Gasteiger partial charge is 0.464 e. The van der Waals surface area contributed by atoms with Gasteiger partial charge in [-0.1, -0.05) is 25.1 Å². The lowest BCUT2D eigenvalue weighted by molar-refractivity contribution is -0.155. The molecule has 1 atom stereocenters. The summed E-state index contributed by atoms with van der Waals surface area (Å²) in [4.78, 5) is 26.8. The molecule has 0 bridgehead atoms. The number of nitrogens with two attached hydrogens (primary N) is 1. The lowest BCUT2D eigenvalue weighted by Gasteiger charge is -2.33. The lowest BCUT2D eigenvalue weighted by atomic mass is 9.84. The molecule has 1 saturated heterocycles. The fraction of sp³-hybridized carbons (Fsp3) is 0.786. The van der Waals surface area contributed by atoms with Gasteiger partial charge < -0.3 is 15.4 Å². The van der Waals surface area contributed by atoms with Crippen LogP contribution in [0.5, 0.6) is 0 Å². The topological polar surface area (TPSA) is 72.6 Å². The van der Waals surface area contributed by atoms with Gasteiger partial charge in [0.25, 0.3) is 0 Å². The van der Waals surface area contributed by atoms with Gasteiger partial charge in [-0.3, -0.25) is 4.79 Å². The van der Waals surface area contributed by atoms with Gasteiger partial charge >= 0.3 is 5.97 Å². The van der Waals surface area contributed by atoms with Crippen LogP contribution >= 0.6 is 12.2 Å². The van der Waals surface area contributed by atoms with Crippen LogP contribution in [0.15, 0.2) is 0 Å². The monoisotopic (exact) mass is 298 g/mol. The van der Waals surface area contributed by atoms with Gasteiger partial charge in [-0.25, -0.2) is 4.79 Å². The molecule has 2 rings (SSSR count). The number of thiocarbonyl (C=S) groups is 1. The van der Waals surface area contributed by atoms with E-state index in [1.54, 1.807) is 11.8 Å². The molecule has 6 heteroatoms. The minimum Gasteiger partial charge on any atom is -0.464 e. The van der Waals surface area contributed by atoms with Gasteiger partial charge in [0.1, 0.15) is 6.04 Å². The van der Waals surface area contributed by atoms with E-state index in [4.69, 9.17) is 22.7 Å². The van der Waals surface area contributed by atoms with E-state index in [1.165, 1.54) is 0 Å². The first-order valence-electron chi connectivity index (χ1n) is 7.30. The second-order valence-electron chi connectivity index (χ2n) is 5.56. The molecule has 1 heterocycles. The van der Waals surface area contributed by atoms with Crippen LogP contribution in [-0.2, 0) is 14.3 Å². The van der Waals surface area contributed by atoms with Crippen molar-refractivity contribution < 1.29 is 14.3 Å². The summed E-state index contributed by atoms with van der Waals surface area (Å²) in [6.07, 6.45) is 4.81. The van der Waals surface area contributed by atoms with Crippen LogP contribution in [0.1, 0.15) is 45.4 Å². The maximum absolute atomic E-state index is 12.9.